The Kier molecular flexibility index (Phi) is 4.68. The number of rotatable bonds is 5. The highest BCUT2D eigenvalue weighted by Gasteiger charge is 2.18. The molecule has 0 aromatic heterocycles. The van der Waals surface area contributed by atoms with Gasteiger partial charge in [0.2, 0.25) is 0 Å². The summed E-state index contributed by atoms with van der Waals surface area (Å²) in [7, 11) is 0. The molecule has 0 aliphatic heterocycles. The van der Waals surface area contributed by atoms with Crippen molar-refractivity contribution >= 4 is 28.0 Å². The Morgan fingerprint density at radius 3 is 2.75 bits per heavy atom. The standard InChI is InChI=1S/C12H13BrO3/c1-3-16-11-6-4-5-9(10(11)7-14)12(13)8(2)15/h4-7,12H,3H2,1-2H3. The molecule has 1 aromatic carbocycles. The SMILES string of the molecule is CCOc1cccc(C(Br)C(C)=O)c1C=O. The lowest BCUT2D eigenvalue weighted by Crippen LogP contribution is -2.06. The second kappa shape index (κ2) is 5.80. The van der Waals surface area contributed by atoms with Gasteiger partial charge in [-0.05, 0) is 25.5 Å². The van der Waals surface area contributed by atoms with E-state index < -0.39 is 4.83 Å². The van der Waals surface area contributed by atoms with Crippen LogP contribution in [0.15, 0.2) is 18.2 Å². The van der Waals surface area contributed by atoms with Crippen LogP contribution in [-0.4, -0.2) is 18.7 Å². The van der Waals surface area contributed by atoms with Crippen LogP contribution in [-0.2, 0) is 4.79 Å². The number of benzene rings is 1. The van der Waals surface area contributed by atoms with Crippen molar-refractivity contribution in [2.45, 2.75) is 18.7 Å². The van der Waals surface area contributed by atoms with Gasteiger partial charge in [0.1, 0.15) is 11.5 Å². The molecule has 1 atom stereocenters. The van der Waals surface area contributed by atoms with Gasteiger partial charge in [-0.1, -0.05) is 28.1 Å². The molecule has 0 saturated heterocycles. The molecule has 0 spiro atoms. The van der Waals surface area contributed by atoms with Crippen LogP contribution in [0.5, 0.6) is 5.75 Å². The van der Waals surface area contributed by atoms with Crippen molar-refractivity contribution in [3.63, 3.8) is 0 Å². The molecule has 0 saturated carbocycles. The van der Waals surface area contributed by atoms with Crippen LogP contribution < -0.4 is 4.74 Å². The van der Waals surface area contributed by atoms with Crippen LogP contribution in [0.25, 0.3) is 0 Å². The van der Waals surface area contributed by atoms with Crippen molar-refractivity contribution in [2.75, 3.05) is 6.61 Å². The number of halogens is 1. The van der Waals surface area contributed by atoms with E-state index in [4.69, 9.17) is 4.74 Å². The molecule has 1 unspecified atom stereocenters. The highest BCUT2D eigenvalue weighted by Crippen LogP contribution is 2.31. The van der Waals surface area contributed by atoms with E-state index in [1.165, 1.54) is 6.92 Å². The Labute approximate surface area is 103 Å². The Balaban J connectivity index is 3.23. The first-order chi connectivity index (χ1) is 7.61. The van der Waals surface area contributed by atoms with E-state index in [9.17, 15) is 9.59 Å². The monoisotopic (exact) mass is 284 g/mol. The molecule has 0 aliphatic rings. The van der Waals surface area contributed by atoms with Gasteiger partial charge < -0.3 is 4.74 Å². The predicted octanol–water partition coefficient (Wildman–Crippen LogP) is 2.92. The molecule has 86 valence electrons. The van der Waals surface area contributed by atoms with Crippen LogP contribution in [0.4, 0.5) is 0 Å². The fourth-order valence-corrected chi connectivity index (χ4v) is 1.81. The molecule has 16 heavy (non-hydrogen) atoms. The fourth-order valence-electron chi connectivity index (χ4n) is 1.41. The van der Waals surface area contributed by atoms with Gasteiger partial charge in [0.05, 0.1) is 17.0 Å². The van der Waals surface area contributed by atoms with Crippen molar-refractivity contribution in [3.8, 4) is 5.75 Å². The summed E-state index contributed by atoms with van der Waals surface area (Å²) in [5.74, 6) is 0.470. The Bertz CT molecular complexity index is 401. The lowest BCUT2D eigenvalue weighted by atomic mass is 10.0. The Morgan fingerprint density at radius 1 is 1.56 bits per heavy atom. The number of Topliss-reactive ketones (excluding diaryl/α,β-unsaturated/α-hetero) is 1. The van der Waals surface area contributed by atoms with E-state index in [-0.39, 0.29) is 5.78 Å². The molecule has 3 nitrogen and oxygen atoms in total. The normalized spacial score (nSPS) is 11.9. The molecule has 1 aromatic rings. The van der Waals surface area contributed by atoms with Crippen molar-refractivity contribution in [1.82, 2.24) is 0 Å². The number of hydrogen-bond donors (Lipinski definition) is 0. The molecular formula is C12H13BrO3. The van der Waals surface area contributed by atoms with Crippen molar-refractivity contribution in [3.05, 3.63) is 29.3 Å². The van der Waals surface area contributed by atoms with Gasteiger partial charge in [-0.2, -0.15) is 0 Å². The van der Waals surface area contributed by atoms with Crippen molar-refractivity contribution in [1.29, 1.82) is 0 Å². The smallest absolute Gasteiger partial charge is 0.154 e. The fraction of sp³-hybridized carbons (Fsp3) is 0.333. The zero-order chi connectivity index (χ0) is 12.1. The van der Waals surface area contributed by atoms with Crippen LogP contribution >= 0.6 is 15.9 Å². The van der Waals surface area contributed by atoms with Crippen molar-refractivity contribution < 1.29 is 14.3 Å². The van der Waals surface area contributed by atoms with Gasteiger partial charge in [-0.25, -0.2) is 0 Å². The van der Waals surface area contributed by atoms with Gasteiger partial charge in [0, 0.05) is 0 Å². The summed E-state index contributed by atoms with van der Waals surface area (Å²) in [6.07, 6.45) is 0.720. The van der Waals surface area contributed by atoms with E-state index in [0.29, 0.717) is 23.5 Å². The first-order valence-electron chi connectivity index (χ1n) is 4.97. The zero-order valence-electron chi connectivity index (χ0n) is 9.20. The average Bonchev–Trinajstić information content (AvgIpc) is 2.28. The first-order valence-corrected chi connectivity index (χ1v) is 5.88. The summed E-state index contributed by atoms with van der Waals surface area (Å²) in [6.45, 7) is 3.80. The molecule has 0 heterocycles. The summed E-state index contributed by atoms with van der Waals surface area (Å²) in [6, 6.07) is 5.23. The Morgan fingerprint density at radius 2 is 2.25 bits per heavy atom. The van der Waals surface area contributed by atoms with Gasteiger partial charge in [-0.15, -0.1) is 0 Å². The number of carbonyl (C=O) groups excluding carboxylic acids is 2. The summed E-state index contributed by atoms with van der Waals surface area (Å²) >= 11 is 3.26. The summed E-state index contributed by atoms with van der Waals surface area (Å²) in [4.78, 5) is 21.9. The molecule has 0 aliphatic carbocycles. The maximum Gasteiger partial charge on any atom is 0.154 e. The van der Waals surface area contributed by atoms with Gasteiger partial charge in [0.25, 0.3) is 0 Å². The third-order valence-electron chi connectivity index (χ3n) is 2.15. The third-order valence-corrected chi connectivity index (χ3v) is 3.29. The summed E-state index contributed by atoms with van der Waals surface area (Å²) in [5.41, 5.74) is 1.08. The van der Waals surface area contributed by atoms with E-state index in [2.05, 4.69) is 15.9 Å². The van der Waals surface area contributed by atoms with Crippen molar-refractivity contribution in [2.24, 2.45) is 0 Å². The lowest BCUT2D eigenvalue weighted by Gasteiger charge is -2.13. The highest BCUT2D eigenvalue weighted by molar-refractivity contribution is 9.09. The molecule has 0 radical (unpaired) electrons. The van der Waals surface area contributed by atoms with Gasteiger partial charge in [-0.3, -0.25) is 9.59 Å². The summed E-state index contributed by atoms with van der Waals surface area (Å²) in [5, 5.41) is 0. The zero-order valence-corrected chi connectivity index (χ0v) is 10.8. The van der Waals surface area contributed by atoms with E-state index >= 15 is 0 Å². The minimum Gasteiger partial charge on any atom is -0.493 e. The van der Waals surface area contributed by atoms with Crippen LogP contribution in [0.3, 0.4) is 0 Å². The predicted molar refractivity (Wildman–Crippen MR) is 65.3 cm³/mol. The number of aldehydes is 1. The minimum atomic E-state index is -0.465. The second-order valence-electron chi connectivity index (χ2n) is 3.28. The van der Waals surface area contributed by atoms with E-state index in [1.807, 2.05) is 6.92 Å². The largest absolute Gasteiger partial charge is 0.493 e. The number of alkyl halides is 1. The number of ether oxygens (including phenoxy) is 1. The molecule has 1 rings (SSSR count). The molecule has 0 amide bonds. The maximum atomic E-state index is 11.3. The maximum absolute atomic E-state index is 11.3. The third kappa shape index (κ3) is 2.70. The quantitative estimate of drug-likeness (QED) is 0.617. The second-order valence-corrected chi connectivity index (χ2v) is 4.20. The van der Waals surface area contributed by atoms with Crippen LogP contribution in [0, 0.1) is 0 Å². The average molecular weight is 285 g/mol. The van der Waals surface area contributed by atoms with Gasteiger partial charge in [0.15, 0.2) is 6.29 Å². The Hall–Kier alpha value is -1.16. The molecule has 0 N–H and O–H groups in total. The number of carbonyl (C=O) groups is 2. The van der Waals surface area contributed by atoms with E-state index in [1.54, 1.807) is 18.2 Å². The molecular weight excluding hydrogens is 272 g/mol. The molecule has 0 fully saturated rings. The van der Waals surface area contributed by atoms with E-state index in [0.717, 1.165) is 6.29 Å². The topological polar surface area (TPSA) is 43.4 Å². The minimum absolute atomic E-state index is 0.0447. The molecule has 0 bridgehead atoms. The summed E-state index contributed by atoms with van der Waals surface area (Å²) < 4.78 is 5.34. The molecule has 4 heteroatoms. The number of ketones is 1. The lowest BCUT2D eigenvalue weighted by molar-refractivity contribution is -0.116. The van der Waals surface area contributed by atoms with Crippen LogP contribution in [0.2, 0.25) is 0 Å². The van der Waals surface area contributed by atoms with Crippen LogP contribution in [0.1, 0.15) is 34.6 Å². The number of hydrogen-bond acceptors (Lipinski definition) is 3. The first kappa shape index (κ1) is 12.9. The highest BCUT2D eigenvalue weighted by atomic mass is 79.9. The van der Waals surface area contributed by atoms with Gasteiger partial charge >= 0.3 is 0 Å².